The summed E-state index contributed by atoms with van der Waals surface area (Å²) >= 11 is 7.22. The molecule has 4 aromatic rings. The molecule has 11 nitrogen and oxygen atoms in total. The number of oxazole rings is 1. The van der Waals surface area contributed by atoms with Crippen molar-refractivity contribution in [2.24, 2.45) is 0 Å². The summed E-state index contributed by atoms with van der Waals surface area (Å²) in [7, 11) is -7.51. The van der Waals surface area contributed by atoms with E-state index in [2.05, 4.69) is 14.1 Å². The van der Waals surface area contributed by atoms with Gasteiger partial charge >= 0.3 is 5.76 Å². The maximum atomic E-state index is 12.9. The van der Waals surface area contributed by atoms with Crippen molar-refractivity contribution in [3.05, 3.63) is 68.9 Å². The fraction of sp³-hybridized carbons (Fsp3) is 0.286. The molecule has 0 spiro atoms. The summed E-state index contributed by atoms with van der Waals surface area (Å²) in [5, 5.41) is -0.0459. The van der Waals surface area contributed by atoms with Crippen LogP contribution >= 0.6 is 23.1 Å². The first-order valence-corrected chi connectivity index (χ1v) is 15.1. The van der Waals surface area contributed by atoms with Crippen LogP contribution in [0.4, 0.5) is 5.13 Å². The van der Waals surface area contributed by atoms with Gasteiger partial charge in [0.05, 0.1) is 22.8 Å². The molecule has 190 valence electrons. The number of halogens is 1. The Morgan fingerprint density at radius 3 is 2.69 bits per heavy atom. The van der Waals surface area contributed by atoms with E-state index in [0.29, 0.717) is 18.5 Å². The highest BCUT2D eigenvalue weighted by Crippen LogP contribution is 2.34. The Bertz CT molecular complexity index is 1750. The van der Waals surface area contributed by atoms with E-state index in [1.165, 1.54) is 33.6 Å². The molecule has 0 saturated carbocycles. The number of rotatable bonds is 6. The molecule has 1 aliphatic rings. The van der Waals surface area contributed by atoms with E-state index in [9.17, 15) is 21.6 Å². The SMILES string of the molecule is CC(c1cccc2c1CN(S(C)(=O)=O)CC2)n1c(=O)oc2cc(S(=O)(=O)Nc3ncns3)c(Cl)cc21. The first-order valence-electron chi connectivity index (χ1n) is 10.7. The highest BCUT2D eigenvalue weighted by molar-refractivity contribution is 7.93. The summed E-state index contributed by atoms with van der Waals surface area (Å²) in [5.74, 6) is -0.700. The maximum Gasteiger partial charge on any atom is 0.420 e. The van der Waals surface area contributed by atoms with E-state index in [-0.39, 0.29) is 27.2 Å². The van der Waals surface area contributed by atoms with Crippen LogP contribution in [0, 0.1) is 0 Å². The molecule has 1 unspecified atom stereocenters. The maximum absolute atomic E-state index is 12.9. The van der Waals surface area contributed by atoms with E-state index < -0.39 is 31.8 Å². The summed E-state index contributed by atoms with van der Waals surface area (Å²) in [6, 6.07) is 7.66. The predicted molar refractivity (Wildman–Crippen MR) is 135 cm³/mol. The second kappa shape index (κ2) is 8.95. The van der Waals surface area contributed by atoms with Gasteiger partial charge in [0.25, 0.3) is 10.0 Å². The van der Waals surface area contributed by atoms with Gasteiger partial charge in [-0.05, 0) is 36.1 Å². The van der Waals surface area contributed by atoms with Gasteiger partial charge in [-0.15, -0.1) is 0 Å². The summed E-state index contributed by atoms with van der Waals surface area (Å²) in [6.45, 7) is 2.37. The molecule has 1 N–H and O–H groups in total. The van der Waals surface area contributed by atoms with Crippen LogP contribution in [0.1, 0.15) is 29.7 Å². The second-order valence-corrected chi connectivity index (χ2v) is 13.2. The number of aromatic nitrogens is 3. The van der Waals surface area contributed by atoms with Crippen molar-refractivity contribution in [2.75, 3.05) is 17.5 Å². The summed E-state index contributed by atoms with van der Waals surface area (Å²) in [6.07, 6.45) is 2.94. The monoisotopic (exact) mass is 569 g/mol. The van der Waals surface area contributed by atoms with Crippen molar-refractivity contribution in [3.63, 3.8) is 0 Å². The summed E-state index contributed by atoms with van der Waals surface area (Å²) in [4.78, 5) is 16.5. The third kappa shape index (κ3) is 4.43. The lowest BCUT2D eigenvalue weighted by atomic mass is 9.92. The average molecular weight is 570 g/mol. The van der Waals surface area contributed by atoms with Crippen LogP contribution in [-0.4, -0.2) is 47.9 Å². The lowest BCUT2D eigenvalue weighted by molar-refractivity contribution is 0.390. The normalized spacial score (nSPS) is 15.6. The molecule has 5 rings (SSSR count). The number of anilines is 1. The van der Waals surface area contributed by atoms with E-state index in [0.717, 1.165) is 28.2 Å². The van der Waals surface area contributed by atoms with Gasteiger partial charge in [-0.25, -0.2) is 26.6 Å². The molecule has 0 amide bonds. The molecule has 1 aliphatic heterocycles. The van der Waals surface area contributed by atoms with Crippen LogP contribution in [0.2, 0.25) is 5.02 Å². The number of nitrogens with zero attached hydrogens (tertiary/aromatic N) is 4. The van der Waals surface area contributed by atoms with Gasteiger partial charge in [0.2, 0.25) is 15.2 Å². The molecule has 36 heavy (non-hydrogen) atoms. The minimum atomic E-state index is -4.12. The van der Waals surface area contributed by atoms with Crippen LogP contribution < -0.4 is 10.5 Å². The quantitative estimate of drug-likeness (QED) is 0.373. The van der Waals surface area contributed by atoms with Gasteiger partial charge in [0, 0.05) is 30.7 Å². The number of benzene rings is 2. The molecule has 2 aromatic heterocycles. The van der Waals surface area contributed by atoms with Crippen molar-refractivity contribution in [1.29, 1.82) is 0 Å². The fourth-order valence-electron chi connectivity index (χ4n) is 4.39. The van der Waals surface area contributed by atoms with Crippen LogP contribution in [0.25, 0.3) is 11.1 Å². The average Bonchev–Trinajstić information content (AvgIpc) is 3.42. The largest absolute Gasteiger partial charge is 0.420 e. The molecule has 0 aliphatic carbocycles. The first kappa shape index (κ1) is 24.9. The zero-order valence-electron chi connectivity index (χ0n) is 19.0. The van der Waals surface area contributed by atoms with Crippen molar-refractivity contribution in [3.8, 4) is 0 Å². The molecule has 15 heteroatoms. The van der Waals surface area contributed by atoms with Crippen LogP contribution in [0.15, 0.2) is 50.8 Å². The standard InChI is InChI=1S/C21H20ClN5O6S3/c1-12(14-5-3-4-13-6-7-26(10-15(13)14)35(2,29)30)27-17-8-16(22)19(9-18(17)33-21(27)28)36(31,32)25-20-23-11-24-34-20/h3-5,8-9,11-12H,6-7,10H2,1-2H3,(H,23,24,25). The molecule has 0 bridgehead atoms. The van der Waals surface area contributed by atoms with Gasteiger partial charge in [0.15, 0.2) is 5.58 Å². The zero-order valence-corrected chi connectivity index (χ0v) is 22.2. The van der Waals surface area contributed by atoms with E-state index in [1.54, 1.807) is 6.92 Å². The molecule has 2 aromatic carbocycles. The van der Waals surface area contributed by atoms with Crippen LogP contribution in [0.5, 0.6) is 0 Å². The number of nitrogens with one attached hydrogen (secondary N) is 1. The molecular weight excluding hydrogens is 550 g/mol. The molecule has 3 heterocycles. The number of sulfonamides is 2. The van der Waals surface area contributed by atoms with Crippen LogP contribution in [0.3, 0.4) is 0 Å². The van der Waals surface area contributed by atoms with Gasteiger partial charge in [-0.2, -0.15) is 8.68 Å². The molecule has 0 saturated heterocycles. The van der Waals surface area contributed by atoms with Gasteiger partial charge in [-0.3, -0.25) is 9.29 Å². The van der Waals surface area contributed by atoms with Crippen molar-refractivity contribution in [1.82, 2.24) is 18.2 Å². The summed E-state index contributed by atoms with van der Waals surface area (Å²) in [5.41, 5.74) is 2.94. The minimum Gasteiger partial charge on any atom is -0.408 e. The Labute approximate surface area is 215 Å². The third-order valence-electron chi connectivity index (χ3n) is 6.12. The predicted octanol–water partition coefficient (Wildman–Crippen LogP) is 2.83. The first-order chi connectivity index (χ1) is 17.0. The Hall–Kier alpha value is -2.78. The molecular formula is C21H20ClN5O6S3. The lowest BCUT2D eigenvalue weighted by Gasteiger charge is -2.30. The second-order valence-electron chi connectivity index (χ2n) is 8.35. The highest BCUT2D eigenvalue weighted by atomic mass is 35.5. The van der Waals surface area contributed by atoms with Crippen molar-refractivity contribution in [2.45, 2.75) is 30.8 Å². The lowest BCUT2D eigenvalue weighted by Crippen LogP contribution is -2.36. The molecule has 0 radical (unpaired) electrons. The highest BCUT2D eigenvalue weighted by Gasteiger charge is 2.29. The van der Waals surface area contributed by atoms with Gasteiger partial charge < -0.3 is 4.42 Å². The molecule has 1 atom stereocenters. The molecule has 0 fully saturated rings. The van der Waals surface area contributed by atoms with Gasteiger partial charge in [-0.1, -0.05) is 29.8 Å². The minimum absolute atomic E-state index is 0.0384. The van der Waals surface area contributed by atoms with Crippen molar-refractivity contribution < 1.29 is 21.3 Å². The smallest absolute Gasteiger partial charge is 0.408 e. The Morgan fingerprint density at radius 2 is 2.00 bits per heavy atom. The zero-order chi connectivity index (χ0) is 25.8. The Kier molecular flexibility index (Phi) is 6.19. The van der Waals surface area contributed by atoms with Crippen molar-refractivity contribution >= 4 is 59.4 Å². The number of fused-ring (bicyclic) bond motifs is 2. The van der Waals surface area contributed by atoms with E-state index in [1.807, 2.05) is 18.2 Å². The number of hydrogen-bond acceptors (Lipinski definition) is 9. The van der Waals surface area contributed by atoms with Gasteiger partial charge in [0.1, 0.15) is 11.2 Å². The number of hydrogen-bond donors (Lipinski definition) is 1. The summed E-state index contributed by atoms with van der Waals surface area (Å²) < 4.78 is 64.3. The van der Waals surface area contributed by atoms with E-state index in [4.69, 9.17) is 16.0 Å². The van der Waals surface area contributed by atoms with Crippen LogP contribution in [-0.2, 0) is 33.0 Å². The van der Waals surface area contributed by atoms with E-state index >= 15 is 0 Å². The fourth-order valence-corrected chi connectivity index (χ4v) is 7.38. The Balaban J connectivity index is 1.58. The third-order valence-corrected chi connectivity index (χ3v) is 9.88. The Morgan fingerprint density at radius 1 is 1.22 bits per heavy atom. The topological polar surface area (TPSA) is 144 Å².